The Hall–Kier alpha value is -2.37. The molecular weight excluding hydrogens is 266 g/mol. The summed E-state index contributed by atoms with van der Waals surface area (Å²) in [6.45, 7) is 3.26. The number of imidazole rings is 1. The molecule has 0 bridgehead atoms. The van der Waals surface area contributed by atoms with Gasteiger partial charge in [-0.05, 0) is 18.6 Å². The normalized spacial score (nSPS) is 10.4. The maximum Gasteiger partial charge on any atom is 0.254 e. The van der Waals surface area contributed by atoms with Crippen molar-refractivity contribution in [3.8, 4) is 0 Å². The molecule has 21 heavy (non-hydrogen) atoms. The SMILES string of the molecule is CCCN(Cc1nccn1C)C(=O)c1ccnc(NC)c1. The molecule has 0 atom stereocenters. The fourth-order valence-electron chi connectivity index (χ4n) is 2.12. The number of amides is 1. The molecular formula is C15H21N5O. The first kappa shape index (κ1) is 15.0. The first-order valence-electron chi connectivity index (χ1n) is 7.05. The van der Waals surface area contributed by atoms with Crippen LogP contribution in [-0.2, 0) is 13.6 Å². The van der Waals surface area contributed by atoms with Crippen LogP contribution in [0.4, 0.5) is 5.82 Å². The molecule has 2 aromatic rings. The first-order valence-corrected chi connectivity index (χ1v) is 7.05. The van der Waals surface area contributed by atoms with Crippen molar-refractivity contribution in [2.75, 3.05) is 18.9 Å². The molecule has 0 unspecified atom stereocenters. The molecule has 0 radical (unpaired) electrons. The fraction of sp³-hybridized carbons (Fsp3) is 0.400. The molecule has 0 fully saturated rings. The van der Waals surface area contributed by atoms with E-state index in [4.69, 9.17) is 0 Å². The van der Waals surface area contributed by atoms with Crippen LogP contribution in [0, 0.1) is 0 Å². The van der Waals surface area contributed by atoms with E-state index in [1.807, 2.05) is 22.7 Å². The van der Waals surface area contributed by atoms with Gasteiger partial charge in [0.15, 0.2) is 0 Å². The van der Waals surface area contributed by atoms with Gasteiger partial charge in [-0.25, -0.2) is 9.97 Å². The highest BCUT2D eigenvalue weighted by molar-refractivity contribution is 5.94. The smallest absolute Gasteiger partial charge is 0.254 e. The van der Waals surface area contributed by atoms with E-state index in [0.29, 0.717) is 24.5 Å². The van der Waals surface area contributed by atoms with Crippen LogP contribution >= 0.6 is 0 Å². The van der Waals surface area contributed by atoms with Crippen molar-refractivity contribution in [3.05, 3.63) is 42.1 Å². The summed E-state index contributed by atoms with van der Waals surface area (Å²) in [5, 5.41) is 2.95. The topological polar surface area (TPSA) is 63.1 Å². The molecule has 112 valence electrons. The Morgan fingerprint density at radius 3 is 2.81 bits per heavy atom. The molecule has 1 amide bonds. The van der Waals surface area contributed by atoms with Gasteiger partial charge in [0.05, 0.1) is 6.54 Å². The van der Waals surface area contributed by atoms with E-state index in [-0.39, 0.29) is 5.91 Å². The van der Waals surface area contributed by atoms with Crippen LogP contribution < -0.4 is 5.32 Å². The molecule has 0 saturated carbocycles. The van der Waals surface area contributed by atoms with Crippen molar-refractivity contribution >= 4 is 11.7 Å². The number of pyridine rings is 1. The van der Waals surface area contributed by atoms with E-state index in [1.54, 1.807) is 31.6 Å². The minimum atomic E-state index is -0.00116. The maximum atomic E-state index is 12.7. The predicted octanol–water partition coefficient (Wildman–Crippen LogP) is 1.91. The van der Waals surface area contributed by atoms with Crippen molar-refractivity contribution in [2.45, 2.75) is 19.9 Å². The number of rotatable bonds is 6. The molecule has 0 saturated heterocycles. The average molecular weight is 287 g/mol. The zero-order chi connectivity index (χ0) is 15.2. The van der Waals surface area contributed by atoms with Crippen molar-refractivity contribution in [1.82, 2.24) is 19.4 Å². The molecule has 1 N–H and O–H groups in total. The Balaban J connectivity index is 2.20. The molecule has 6 heteroatoms. The summed E-state index contributed by atoms with van der Waals surface area (Å²) in [5.41, 5.74) is 0.636. The van der Waals surface area contributed by atoms with Gasteiger partial charge >= 0.3 is 0 Å². The van der Waals surface area contributed by atoms with Crippen LogP contribution in [0.1, 0.15) is 29.5 Å². The lowest BCUT2D eigenvalue weighted by Gasteiger charge is -2.22. The Morgan fingerprint density at radius 2 is 2.19 bits per heavy atom. The van der Waals surface area contributed by atoms with Crippen molar-refractivity contribution in [2.24, 2.45) is 7.05 Å². The number of carbonyl (C=O) groups is 1. The van der Waals surface area contributed by atoms with Gasteiger partial charge in [0.2, 0.25) is 0 Å². The molecule has 2 aromatic heterocycles. The van der Waals surface area contributed by atoms with Crippen LogP contribution in [0.25, 0.3) is 0 Å². The number of carbonyl (C=O) groups excluding carboxylic acids is 1. The summed E-state index contributed by atoms with van der Waals surface area (Å²) in [6, 6.07) is 3.51. The largest absolute Gasteiger partial charge is 0.373 e. The van der Waals surface area contributed by atoms with E-state index in [0.717, 1.165) is 12.2 Å². The summed E-state index contributed by atoms with van der Waals surface area (Å²) < 4.78 is 1.93. The molecule has 0 aliphatic heterocycles. The third kappa shape index (κ3) is 3.59. The van der Waals surface area contributed by atoms with Gasteiger partial charge in [0.25, 0.3) is 5.91 Å². The van der Waals surface area contributed by atoms with Crippen LogP contribution in [0.15, 0.2) is 30.7 Å². The van der Waals surface area contributed by atoms with Gasteiger partial charge in [-0.15, -0.1) is 0 Å². The number of hydrogen-bond acceptors (Lipinski definition) is 4. The number of aromatic nitrogens is 3. The van der Waals surface area contributed by atoms with E-state index < -0.39 is 0 Å². The highest BCUT2D eigenvalue weighted by Crippen LogP contribution is 2.12. The van der Waals surface area contributed by atoms with E-state index >= 15 is 0 Å². The molecule has 0 aliphatic rings. The van der Waals surface area contributed by atoms with Crippen molar-refractivity contribution < 1.29 is 4.79 Å². The number of anilines is 1. The van der Waals surface area contributed by atoms with Gasteiger partial charge in [-0.3, -0.25) is 4.79 Å². The predicted molar refractivity (Wildman–Crippen MR) is 82.0 cm³/mol. The Kier molecular flexibility index (Phi) is 4.92. The van der Waals surface area contributed by atoms with Gasteiger partial charge in [-0.2, -0.15) is 0 Å². The molecule has 2 heterocycles. The quantitative estimate of drug-likeness (QED) is 0.881. The lowest BCUT2D eigenvalue weighted by molar-refractivity contribution is 0.0737. The molecule has 0 aromatic carbocycles. The second-order valence-corrected chi connectivity index (χ2v) is 4.86. The second kappa shape index (κ2) is 6.88. The zero-order valence-electron chi connectivity index (χ0n) is 12.7. The summed E-state index contributed by atoms with van der Waals surface area (Å²) in [4.78, 5) is 22.9. The van der Waals surface area contributed by atoms with Gasteiger partial charge < -0.3 is 14.8 Å². The number of nitrogens with one attached hydrogen (secondary N) is 1. The van der Waals surface area contributed by atoms with E-state index in [9.17, 15) is 4.79 Å². The van der Waals surface area contributed by atoms with Crippen LogP contribution in [0.5, 0.6) is 0 Å². The molecule has 0 aliphatic carbocycles. The average Bonchev–Trinajstić information content (AvgIpc) is 2.91. The monoisotopic (exact) mass is 287 g/mol. The van der Waals surface area contributed by atoms with Gasteiger partial charge in [0.1, 0.15) is 11.6 Å². The van der Waals surface area contributed by atoms with E-state index in [1.165, 1.54) is 0 Å². The minimum absolute atomic E-state index is 0.00116. The summed E-state index contributed by atoms with van der Waals surface area (Å²) >= 11 is 0. The number of nitrogens with zero attached hydrogens (tertiary/aromatic N) is 4. The summed E-state index contributed by atoms with van der Waals surface area (Å²) in [7, 11) is 3.72. The van der Waals surface area contributed by atoms with Gasteiger partial charge in [0, 0.05) is 44.8 Å². The minimum Gasteiger partial charge on any atom is -0.373 e. The molecule has 6 nitrogen and oxygen atoms in total. The van der Waals surface area contributed by atoms with Crippen LogP contribution in [0.3, 0.4) is 0 Å². The van der Waals surface area contributed by atoms with Crippen LogP contribution in [0.2, 0.25) is 0 Å². The molecule has 2 rings (SSSR count). The Bertz CT molecular complexity index is 608. The highest BCUT2D eigenvalue weighted by atomic mass is 16.2. The van der Waals surface area contributed by atoms with Crippen molar-refractivity contribution in [1.29, 1.82) is 0 Å². The maximum absolute atomic E-state index is 12.7. The highest BCUT2D eigenvalue weighted by Gasteiger charge is 2.17. The standard InChI is InChI=1S/C15H21N5O/c1-4-8-20(11-14-18-7-9-19(14)3)15(21)12-5-6-17-13(10-12)16-2/h5-7,9-10H,4,8,11H2,1-3H3,(H,16,17). The van der Waals surface area contributed by atoms with Gasteiger partial charge in [-0.1, -0.05) is 6.92 Å². The second-order valence-electron chi connectivity index (χ2n) is 4.86. The lowest BCUT2D eigenvalue weighted by Crippen LogP contribution is -2.32. The number of hydrogen-bond donors (Lipinski definition) is 1. The van der Waals surface area contributed by atoms with Crippen molar-refractivity contribution in [3.63, 3.8) is 0 Å². The Morgan fingerprint density at radius 1 is 1.38 bits per heavy atom. The van der Waals surface area contributed by atoms with Crippen LogP contribution in [-0.4, -0.2) is 38.9 Å². The fourth-order valence-corrected chi connectivity index (χ4v) is 2.12. The van der Waals surface area contributed by atoms with E-state index in [2.05, 4.69) is 22.2 Å². The third-order valence-electron chi connectivity index (χ3n) is 3.30. The lowest BCUT2D eigenvalue weighted by atomic mass is 10.2. The zero-order valence-corrected chi connectivity index (χ0v) is 12.7. The Labute approximate surface area is 124 Å². The third-order valence-corrected chi connectivity index (χ3v) is 3.30. The number of aryl methyl sites for hydroxylation is 1. The first-order chi connectivity index (χ1) is 10.2. The summed E-state index contributed by atoms with van der Waals surface area (Å²) in [6.07, 6.45) is 6.18. The summed E-state index contributed by atoms with van der Waals surface area (Å²) in [5.74, 6) is 1.56. The molecule has 0 spiro atoms.